The summed E-state index contributed by atoms with van der Waals surface area (Å²) in [5.74, 6) is -0.272. The zero-order valence-electron chi connectivity index (χ0n) is 21.9. The van der Waals surface area contributed by atoms with Crippen LogP contribution in [-0.2, 0) is 4.79 Å². The summed E-state index contributed by atoms with van der Waals surface area (Å²) < 4.78 is 6.33. The number of nitrogens with zero attached hydrogens (tertiary/aromatic N) is 1. The molecule has 0 fully saturated rings. The Labute approximate surface area is 235 Å². The van der Waals surface area contributed by atoms with E-state index in [1.54, 1.807) is 42.5 Å². The number of ether oxygens (including phenoxy) is 1. The van der Waals surface area contributed by atoms with E-state index in [0.717, 1.165) is 17.3 Å². The predicted molar refractivity (Wildman–Crippen MR) is 157 cm³/mol. The molecule has 0 radical (unpaired) electrons. The van der Waals surface area contributed by atoms with Gasteiger partial charge in [-0.1, -0.05) is 112 Å². The highest BCUT2D eigenvalue weighted by Crippen LogP contribution is 2.23. The van der Waals surface area contributed by atoms with Gasteiger partial charge in [0.25, 0.3) is 0 Å². The molecule has 0 unspecified atom stereocenters. The number of halogens is 2. The van der Waals surface area contributed by atoms with Gasteiger partial charge in [0.1, 0.15) is 5.75 Å². The van der Waals surface area contributed by atoms with Crippen LogP contribution in [0, 0.1) is 0 Å². The minimum Gasteiger partial charge on any atom is -0.422 e. The van der Waals surface area contributed by atoms with Crippen LogP contribution >= 0.6 is 27.5 Å². The van der Waals surface area contributed by atoms with E-state index in [-0.39, 0.29) is 5.91 Å². The van der Waals surface area contributed by atoms with E-state index in [1.807, 2.05) is 0 Å². The molecule has 1 amide bonds. The summed E-state index contributed by atoms with van der Waals surface area (Å²) in [5.41, 5.74) is 3.53. The van der Waals surface area contributed by atoms with Gasteiger partial charge in [-0.15, -0.1) is 0 Å². The molecule has 0 saturated heterocycles. The van der Waals surface area contributed by atoms with Crippen molar-refractivity contribution in [1.29, 1.82) is 0 Å². The molecule has 0 aliphatic rings. The van der Waals surface area contributed by atoms with Gasteiger partial charge in [-0.2, -0.15) is 5.10 Å². The topological polar surface area (TPSA) is 67.8 Å². The summed E-state index contributed by atoms with van der Waals surface area (Å²) in [6.45, 7) is 2.26. The number of carbonyl (C=O) groups is 2. The first-order valence-corrected chi connectivity index (χ1v) is 14.8. The quantitative estimate of drug-likeness (QED) is 0.0617. The Morgan fingerprint density at radius 2 is 1.43 bits per heavy atom. The van der Waals surface area contributed by atoms with Crippen LogP contribution in [0.15, 0.2) is 52.0 Å². The summed E-state index contributed by atoms with van der Waals surface area (Å²) in [6.07, 6.45) is 18.5. The lowest BCUT2D eigenvalue weighted by molar-refractivity contribution is -0.121. The predicted octanol–water partition coefficient (Wildman–Crippen LogP) is 9.25. The van der Waals surface area contributed by atoms with Gasteiger partial charge in [-0.25, -0.2) is 10.2 Å². The van der Waals surface area contributed by atoms with Crippen LogP contribution in [0.1, 0.15) is 113 Å². The highest BCUT2D eigenvalue weighted by Gasteiger charge is 2.12. The Balaban J connectivity index is 1.63. The van der Waals surface area contributed by atoms with Crippen molar-refractivity contribution in [3.63, 3.8) is 0 Å². The molecular formula is C30H40BrClN2O3. The lowest BCUT2D eigenvalue weighted by Gasteiger charge is -2.08. The third-order valence-electron chi connectivity index (χ3n) is 6.15. The lowest BCUT2D eigenvalue weighted by Crippen LogP contribution is -2.17. The summed E-state index contributed by atoms with van der Waals surface area (Å²) in [7, 11) is 0. The molecule has 7 heteroatoms. The van der Waals surface area contributed by atoms with Crippen molar-refractivity contribution in [1.82, 2.24) is 5.43 Å². The summed E-state index contributed by atoms with van der Waals surface area (Å²) in [4.78, 5) is 24.6. The van der Waals surface area contributed by atoms with Crippen molar-refractivity contribution >= 4 is 45.6 Å². The number of hydrazone groups is 1. The van der Waals surface area contributed by atoms with Gasteiger partial charge < -0.3 is 4.74 Å². The van der Waals surface area contributed by atoms with Gasteiger partial charge in [0.15, 0.2) is 0 Å². The molecule has 0 spiro atoms. The number of esters is 1. The fraction of sp³-hybridized carbons (Fsp3) is 0.500. The molecule has 5 nitrogen and oxygen atoms in total. The van der Waals surface area contributed by atoms with E-state index >= 15 is 0 Å². The summed E-state index contributed by atoms with van der Waals surface area (Å²) >= 11 is 9.30. The molecular weight excluding hydrogens is 552 g/mol. The molecule has 37 heavy (non-hydrogen) atoms. The SMILES string of the molecule is CCCCCCCCCCCCCCCC(=O)N/N=C\c1cc(Br)ccc1OC(=O)c1ccc(Cl)cc1. The Kier molecular flexibility index (Phi) is 15.9. The van der Waals surface area contributed by atoms with E-state index < -0.39 is 5.97 Å². The number of benzene rings is 2. The van der Waals surface area contributed by atoms with Crippen LogP contribution in [0.4, 0.5) is 0 Å². The van der Waals surface area contributed by atoms with E-state index in [0.29, 0.717) is 28.3 Å². The average molecular weight is 592 g/mol. The first-order chi connectivity index (χ1) is 18.0. The molecule has 0 heterocycles. The van der Waals surface area contributed by atoms with E-state index in [4.69, 9.17) is 16.3 Å². The molecule has 1 N–H and O–H groups in total. The van der Waals surface area contributed by atoms with E-state index in [9.17, 15) is 9.59 Å². The molecule has 2 aromatic rings. The summed E-state index contributed by atoms with van der Waals surface area (Å²) in [5, 5.41) is 4.61. The fourth-order valence-corrected chi connectivity index (χ4v) is 4.50. The highest BCUT2D eigenvalue weighted by atomic mass is 79.9. The minimum atomic E-state index is -0.500. The zero-order chi connectivity index (χ0) is 26.7. The Bertz CT molecular complexity index is 979. The maximum Gasteiger partial charge on any atom is 0.343 e. The zero-order valence-corrected chi connectivity index (χ0v) is 24.3. The van der Waals surface area contributed by atoms with Gasteiger partial charge in [-0.05, 0) is 48.9 Å². The molecule has 2 rings (SSSR count). The van der Waals surface area contributed by atoms with Gasteiger partial charge in [0.05, 0.1) is 11.8 Å². The smallest absolute Gasteiger partial charge is 0.343 e. The fourth-order valence-electron chi connectivity index (χ4n) is 3.99. The van der Waals surface area contributed by atoms with Crippen molar-refractivity contribution in [3.05, 3.63) is 63.1 Å². The second-order valence-electron chi connectivity index (χ2n) is 9.36. The van der Waals surface area contributed by atoms with Crippen LogP contribution in [0.5, 0.6) is 5.75 Å². The minimum absolute atomic E-state index is 0.117. The van der Waals surface area contributed by atoms with Crippen molar-refractivity contribution in [2.45, 2.75) is 96.8 Å². The van der Waals surface area contributed by atoms with Gasteiger partial charge in [0, 0.05) is 21.5 Å². The highest BCUT2D eigenvalue weighted by molar-refractivity contribution is 9.10. The normalized spacial score (nSPS) is 11.1. The molecule has 2 aromatic carbocycles. The molecule has 0 atom stereocenters. The van der Waals surface area contributed by atoms with Gasteiger partial charge in [-0.3, -0.25) is 4.79 Å². The monoisotopic (exact) mass is 590 g/mol. The molecule has 202 valence electrons. The van der Waals surface area contributed by atoms with Crippen molar-refractivity contribution in [2.24, 2.45) is 5.10 Å². The van der Waals surface area contributed by atoms with E-state index in [1.165, 1.54) is 76.8 Å². The third kappa shape index (κ3) is 13.8. The Morgan fingerprint density at radius 1 is 0.865 bits per heavy atom. The maximum absolute atomic E-state index is 12.5. The van der Waals surface area contributed by atoms with Crippen LogP contribution in [-0.4, -0.2) is 18.1 Å². The standard InChI is InChI=1S/C30H40BrClN2O3/c1-2-3-4-5-6-7-8-9-10-11-12-13-14-15-29(35)34-33-23-25-22-26(31)18-21-28(25)37-30(36)24-16-19-27(32)20-17-24/h16-23H,2-15H2,1H3,(H,34,35)/b33-23-. The number of carbonyl (C=O) groups excluding carboxylic acids is 2. The van der Waals surface area contributed by atoms with Crippen LogP contribution in [0.3, 0.4) is 0 Å². The molecule has 0 bridgehead atoms. The van der Waals surface area contributed by atoms with Crippen LogP contribution < -0.4 is 10.2 Å². The number of nitrogens with one attached hydrogen (secondary N) is 1. The van der Waals surface area contributed by atoms with Crippen molar-refractivity contribution < 1.29 is 14.3 Å². The first kappa shape index (κ1) is 31.0. The van der Waals surface area contributed by atoms with Crippen LogP contribution in [0.2, 0.25) is 5.02 Å². The van der Waals surface area contributed by atoms with E-state index in [2.05, 4.69) is 33.4 Å². The Hall–Kier alpha value is -2.18. The largest absolute Gasteiger partial charge is 0.422 e. The molecule has 0 aromatic heterocycles. The summed E-state index contributed by atoms with van der Waals surface area (Å²) in [6, 6.07) is 11.7. The number of hydrogen-bond donors (Lipinski definition) is 1. The van der Waals surface area contributed by atoms with Crippen molar-refractivity contribution in [3.8, 4) is 5.75 Å². The van der Waals surface area contributed by atoms with Crippen LogP contribution in [0.25, 0.3) is 0 Å². The number of hydrogen-bond acceptors (Lipinski definition) is 4. The number of rotatable bonds is 18. The van der Waals surface area contributed by atoms with Gasteiger partial charge >= 0.3 is 5.97 Å². The molecule has 0 aliphatic carbocycles. The average Bonchev–Trinajstić information content (AvgIpc) is 2.88. The maximum atomic E-state index is 12.5. The molecule has 0 saturated carbocycles. The Morgan fingerprint density at radius 3 is 2.03 bits per heavy atom. The second-order valence-corrected chi connectivity index (χ2v) is 10.7. The molecule has 0 aliphatic heterocycles. The van der Waals surface area contributed by atoms with Crippen molar-refractivity contribution in [2.75, 3.05) is 0 Å². The third-order valence-corrected chi connectivity index (χ3v) is 6.90. The number of unbranched alkanes of at least 4 members (excludes halogenated alkanes) is 12. The second kappa shape index (κ2) is 19.0. The van der Waals surface area contributed by atoms with Gasteiger partial charge in [0.2, 0.25) is 5.91 Å². The first-order valence-electron chi connectivity index (χ1n) is 13.6. The lowest BCUT2D eigenvalue weighted by atomic mass is 10.0. The number of amides is 1.